The van der Waals surface area contributed by atoms with Crippen LogP contribution in [0.2, 0.25) is 0 Å². The van der Waals surface area contributed by atoms with Crippen molar-refractivity contribution in [1.82, 2.24) is 9.80 Å². The van der Waals surface area contributed by atoms with Gasteiger partial charge in [-0.05, 0) is 67.0 Å². The highest BCUT2D eigenvalue weighted by Crippen LogP contribution is 2.41. The SMILES string of the molecule is CCN(CC)CCN1C(=O)C(=O)C(=C(O)c2ccc3c(c2)C[C@@H](C)O3)[C@@H]1c1cccc(OCc2ccccc2)c1. The summed E-state index contributed by atoms with van der Waals surface area (Å²) in [6, 6.07) is 22.0. The molecule has 40 heavy (non-hydrogen) atoms. The molecule has 208 valence electrons. The molecule has 5 rings (SSSR count). The fourth-order valence-corrected chi connectivity index (χ4v) is 5.49. The molecule has 7 nitrogen and oxygen atoms in total. The van der Waals surface area contributed by atoms with Crippen molar-refractivity contribution in [3.05, 3.63) is 101 Å². The lowest BCUT2D eigenvalue weighted by Crippen LogP contribution is -2.38. The lowest BCUT2D eigenvalue weighted by molar-refractivity contribution is -0.140. The van der Waals surface area contributed by atoms with Gasteiger partial charge < -0.3 is 24.4 Å². The van der Waals surface area contributed by atoms with Crippen molar-refractivity contribution >= 4 is 17.4 Å². The summed E-state index contributed by atoms with van der Waals surface area (Å²) in [7, 11) is 0. The number of fused-ring (bicyclic) bond motifs is 1. The first kappa shape index (κ1) is 27.5. The molecule has 1 fully saturated rings. The Morgan fingerprint density at radius 2 is 1.80 bits per heavy atom. The summed E-state index contributed by atoms with van der Waals surface area (Å²) in [5.41, 5.74) is 3.31. The molecule has 0 aromatic heterocycles. The number of aliphatic hydroxyl groups is 1. The number of carbonyl (C=O) groups is 2. The Kier molecular flexibility index (Phi) is 8.21. The zero-order chi connectivity index (χ0) is 28.2. The standard InChI is InChI=1S/C33H36N2O5/c1-4-34(5-2)16-17-35-30(24-12-9-13-27(20-24)39-21-23-10-7-6-8-11-23)29(32(37)33(35)38)31(36)25-14-15-28-26(19-25)18-22(3)40-28/h6-15,19-20,22,30,36H,4-5,16-18,21H2,1-3H3/t22-,30+/m1/s1. The van der Waals surface area contributed by atoms with Crippen LogP contribution in [0.1, 0.15) is 49.1 Å². The van der Waals surface area contributed by atoms with E-state index in [0.717, 1.165) is 36.4 Å². The molecular formula is C33H36N2O5. The highest BCUT2D eigenvalue weighted by molar-refractivity contribution is 6.46. The molecule has 2 atom stereocenters. The monoisotopic (exact) mass is 540 g/mol. The molecule has 1 N–H and O–H groups in total. The van der Waals surface area contributed by atoms with Gasteiger partial charge in [-0.15, -0.1) is 0 Å². The van der Waals surface area contributed by atoms with E-state index in [2.05, 4.69) is 18.7 Å². The van der Waals surface area contributed by atoms with E-state index in [4.69, 9.17) is 9.47 Å². The van der Waals surface area contributed by atoms with E-state index < -0.39 is 17.7 Å². The van der Waals surface area contributed by atoms with Crippen molar-refractivity contribution < 1.29 is 24.2 Å². The topological polar surface area (TPSA) is 79.3 Å². The fourth-order valence-electron chi connectivity index (χ4n) is 5.49. The molecule has 7 heteroatoms. The molecule has 0 aliphatic carbocycles. The minimum absolute atomic E-state index is 0.0525. The molecule has 0 radical (unpaired) electrons. The molecule has 2 heterocycles. The van der Waals surface area contributed by atoms with E-state index in [0.29, 0.717) is 36.6 Å². The van der Waals surface area contributed by atoms with Crippen molar-refractivity contribution in [2.75, 3.05) is 26.2 Å². The van der Waals surface area contributed by atoms with E-state index in [1.165, 1.54) is 0 Å². The highest BCUT2D eigenvalue weighted by Gasteiger charge is 2.46. The van der Waals surface area contributed by atoms with Crippen molar-refractivity contribution in [2.45, 2.75) is 45.9 Å². The van der Waals surface area contributed by atoms with Crippen LogP contribution in [0, 0.1) is 0 Å². The summed E-state index contributed by atoms with van der Waals surface area (Å²) in [5, 5.41) is 11.5. The van der Waals surface area contributed by atoms with Crippen LogP contribution in [0.15, 0.2) is 78.4 Å². The quantitative estimate of drug-likeness (QED) is 0.212. The van der Waals surface area contributed by atoms with Gasteiger partial charge in [0.05, 0.1) is 11.6 Å². The van der Waals surface area contributed by atoms with Gasteiger partial charge in [0, 0.05) is 25.1 Å². The van der Waals surface area contributed by atoms with Crippen LogP contribution in [0.3, 0.4) is 0 Å². The molecule has 3 aromatic rings. The van der Waals surface area contributed by atoms with Gasteiger partial charge in [-0.3, -0.25) is 9.59 Å². The summed E-state index contributed by atoms with van der Waals surface area (Å²) in [5.74, 6) is -0.0512. The Hall–Kier alpha value is -4.10. The van der Waals surface area contributed by atoms with Crippen molar-refractivity contribution in [1.29, 1.82) is 0 Å². The summed E-state index contributed by atoms with van der Waals surface area (Å²) in [6.45, 7) is 9.18. The average molecular weight is 541 g/mol. The Labute approximate surface area is 235 Å². The predicted octanol–water partition coefficient (Wildman–Crippen LogP) is 5.35. The maximum absolute atomic E-state index is 13.5. The number of nitrogens with zero attached hydrogens (tertiary/aromatic N) is 2. The summed E-state index contributed by atoms with van der Waals surface area (Å²) in [4.78, 5) is 30.7. The Morgan fingerprint density at radius 1 is 1.02 bits per heavy atom. The number of amides is 1. The van der Waals surface area contributed by atoms with E-state index in [9.17, 15) is 14.7 Å². The second-order valence-electron chi connectivity index (χ2n) is 10.3. The maximum atomic E-state index is 13.5. The summed E-state index contributed by atoms with van der Waals surface area (Å²) >= 11 is 0. The van der Waals surface area contributed by atoms with Crippen LogP contribution in [-0.2, 0) is 22.6 Å². The molecule has 1 saturated heterocycles. The molecule has 3 aromatic carbocycles. The number of Topliss-reactive ketones (excluding diaryl/α,β-unsaturated/α-hetero) is 1. The second-order valence-corrected chi connectivity index (χ2v) is 10.3. The zero-order valence-electron chi connectivity index (χ0n) is 23.3. The second kappa shape index (κ2) is 12.0. The number of ether oxygens (including phenoxy) is 2. The van der Waals surface area contributed by atoms with Crippen molar-refractivity contribution in [2.24, 2.45) is 0 Å². The van der Waals surface area contributed by atoms with Gasteiger partial charge >= 0.3 is 0 Å². The van der Waals surface area contributed by atoms with Gasteiger partial charge in [-0.1, -0.05) is 56.3 Å². The first-order valence-electron chi connectivity index (χ1n) is 14.0. The Balaban J connectivity index is 1.53. The maximum Gasteiger partial charge on any atom is 0.295 e. The molecule has 1 amide bonds. The van der Waals surface area contributed by atoms with Crippen LogP contribution in [0.4, 0.5) is 0 Å². The van der Waals surface area contributed by atoms with E-state index in [1.807, 2.05) is 73.7 Å². The predicted molar refractivity (Wildman–Crippen MR) is 154 cm³/mol. The molecule has 0 unspecified atom stereocenters. The third-order valence-electron chi connectivity index (χ3n) is 7.68. The number of hydrogen-bond donors (Lipinski definition) is 1. The number of rotatable bonds is 10. The van der Waals surface area contributed by atoms with Crippen LogP contribution in [0.25, 0.3) is 5.76 Å². The number of likely N-dealkylation sites (tertiary alicyclic amines) is 1. The largest absolute Gasteiger partial charge is 0.507 e. The summed E-state index contributed by atoms with van der Waals surface area (Å²) < 4.78 is 11.9. The fraction of sp³-hybridized carbons (Fsp3) is 0.333. The van der Waals surface area contributed by atoms with Gasteiger partial charge in [0.25, 0.3) is 11.7 Å². The normalized spacial score (nSPS) is 19.6. The number of carbonyl (C=O) groups excluding carboxylic acids is 2. The number of likely N-dealkylation sites (N-methyl/N-ethyl adjacent to an activating group) is 1. The highest BCUT2D eigenvalue weighted by atomic mass is 16.5. The van der Waals surface area contributed by atoms with E-state index >= 15 is 0 Å². The summed E-state index contributed by atoms with van der Waals surface area (Å²) in [6.07, 6.45) is 0.774. The first-order chi connectivity index (χ1) is 19.4. The number of benzene rings is 3. The lowest BCUT2D eigenvalue weighted by atomic mass is 9.94. The molecule has 0 spiro atoms. The van der Waals surface area contributed by atoms with Crippen LogP contribution < -0.4 is 9.47 Å². The van der Waals surface area contributed by atoms with Crippen LogP contribution in [-0.4, -0.2) is 58.9 Å². The number of hydrogen-bond acceptors (Lipinski definition) is 6. The van der Waals surface area contributed by atoms with E-state index in [-0.39, 0.29) is 17.4 Å². The Bertz CT molecular complexity index is 1410. The van der Waals surface area contributed by atoms with Gasteiger partial charge in [0.15, 0.2) is 0 Å². The Morgan fingerprint density at radius 3 is 2.55 bits per heavy atom. The van der Waals surface area contributed by atoms with Gasteiger partial charge in [-0.2, -0.15) is 0 Å². The van der Waals surface area contributed by atoms with Gasteiger partial charge in [-0.25, -0.2) is 0 Å². The number of aliphatic hydroxyl groups excluding tert-OH is 1. The van der Waals surface area contributed by atoms with Crippen molar-refractivity contribution in [3.63, 3.8) is 0 Å². The minimum Gasteiger partial charge on any atom is -0.507 e. The molecule has 2 aliphatic heterocycles. The molecule has 0 saturated carbocycles. The third-order valence-corrected chi connectivity index (χ3v) is 7.68. The number of ketones is 1. The average Bonchev–Trinajstić information content (AvgIpc) is 3.47. The lowest BCUT2D eigenvalue weighted by Gasteiger charge is -2.28. The van der Waals surface area contributed by atoms with Crippen LogP contribution >= 0.6 is 0 Å². The van der Waals surface area contributed by atoms with E-state index in [1.54, 1.807) is 11.0 Å². The van der Waals surface area contributed by atoms with Gasteiger partial charge in [0.1, 0.15) is 30.0 Å². The zero-order valence-corrected chi connectivity index (χ0v) is 23.3. The first-order valence-corrected chi connectivity index (χ1v) is 14.0. The smallest absolute Gasteiger partial charge is 0.295 e. The third kappa shape index (κ3) is 5.61. The van der Waals surface area contributed by atoms with Crippen molar-refractivity contribution in [3.8, 4) is 11.5 Å². The molecular weight excluding hydrogens is 504 g/mol. The van der Waals surface area contributed by atoms with Crippen LogP contribution in [0.5, 0.6) is 11.5 Å². The minimum atomic E-state index is -0.737. The van der Waals surface area contributed by atoms with Gasteiger partial charge in [0.2, 0.25) is 0 Å². The molecule has 2 aliphatic rings. The molecule has 0 bridgehead atoms.